The average molecular weight is 227 g/mol. The van der Waals surface area contributed by atoms with Crippen molar-refractivity contribution in [1.82, 2.24) is 4.98 Å². The van der Waals surface area contributed by atoms with E-state index in [-0.39, 0.29) is 12.0 Å². The van der Waals surface area contributed by atoms with E-state index in [1.54, 1.807) is 6.20 Å². The Bertz CT molecular complexity index is 491. The van der Waals surface area contributed by atoms with E-state index in [4.69, 9.17) is 0 Å². The number of hydrogen-bond donors (Lipinski definition) is 1. The normalized spacial score (nSPS) is 11.5. The Labute approximate surface area is 102 Å². The fourth-order valence-corrected chi connectivity index (χ4v) is 2.14. The quantitative estimate of drug-likeness (QED) is 0.874. The molecule has 17 heavy (non-hydrogen) atoms. The van der Waals surface area contributed by atoms with Gasteiger partial charge in [-0.15, -0.1) is 0 Å². The van der Waals surface area contributed by atoms with Crippen LogP contribution in [0.4, 0.5) is 0 Å². The van der Waals surface area contributed by atoms with Crippen molar-refractivity contribution in [3.8, 4) is 0 Å². The standard InChI is InChI=1S/C15H17NO/c1-15(2,12-7-4-3-5-8-12)13-9-6-10-16-14(13)11-17/h3-10,17H,11H2,1-2H3. The minimum absolute atomic E-state index is 0.0214. The number of rotatable bonds is 3. The predicted octanol–water partition coefficient (Wildman–Crippen LogP) is 2.90. The molecule has 1 aromatic carbocycles. The molecule has 0 aliphatic carbocycles. The van der Waals surface area contributed by atoms with Gasteiger partial charge in [0.05, 0.1) is 12.3 Å². The first-order chi connectivity index (χ1) is 8.16. The summed E-state index contributed by atoms with van der Waals surface area (Å²) in [5.41, 5.74) is 2.91. The fraction of sp³-hybridized carbons (Fsp3) is 0.267. The third-order valence-corrected chi connectivity index (χ3v) is 3.21. The zero-order valence-electron chi connectivity index (χ0n) is 10.2. The van der Waals surface area contributed by atoms with Crippen LogP contribution in [0.15, 0.2) is 48.7 Å². The van der Waals surface area contributed by atoms with Crippen molar-refractivity contribution >= 4 is 0 Å². The molecule has 1 aromatic heterocycles. The smallest absolute Gasteiger partial charge is 0.0856 e. The molecule has 1 N–H and O–H groups in total. The van der Waals surface area contributed by atoms with Gasteiger partial charge < -0.3 is 5.11 Å². The van der Waals surface area contributed by atoms with E-state index < -0.39 is 0 Å². The molecule has 0 aliphatic heterocycles. The number of pyridine rings is 1. The second-order valence-electron chi connectivity index (χ2n) is 4.65. The van der Waals surface area contributed by atoms with Crippen LogP contribution >= 0.6 is 0 Å². The lowest BCUT2D eigenvalue weighted by atomic mass is 9.77. The maximum absolute atomic E-state index is 9.37. The molecular formula is C15H17NO. The average Bonchev–Trinajstić information content (AvgIpc) is 2.39. The number of aliphatic hydroxyl groups is 1. The molecule has 2 heteroatoms. The molecule has 1 heterocycles. The molecule has 0 atom stereocenters. The van der Waals surface area contributed by atoms with Crippen molar-refractivity contribution in [2.75, 3.05) is 0 Å². The highest BCUT2D eigenvalue weighted by Crippen LogP contribution is 2.32. The lowest BCUT2D eigenvalue weighted by Crippen LogP contribution is -2.21. The van der Waals surface area contributed by atoms with Crippen LogP contribution in [0.1, 0.15) is 30.7 Å². The SMILES string of the molecule is CC(C)(c1ccccc1)c1cccnc1CO. The van der Waals surface area contributed by atoms with Crippen molar-refractivity contribution in [2.24, 2.45) is 0 Å². The van der Waals surface area contributed by atoms with E-state index in [0.717, 1.165) is 11.3 Å². The summed E-state index contributed by atoms with van der Waals surface area (Å²) in [6.45, 7) is 4.28. The summed E-state index contributed by atoms with van der Waals surface area (Å²) >= 11 is 0. The number of hydrogen-bond acceptors (Lipinski definition) is 2. The van der Waals surface area contributed by atoms with Crippen molar-refractivity contribution in [1.29, 1.82) is 0 Å². The summed E-state index contributed by atoms with van der Waals surface area (Å²) in [5.74, 6) is 0. The molecule has 0 unspecified atom stereocenters. The van der Waals surface area contributed by atoms with Gasteiger partial charge in [0.2, 0.25) is 0 Å². The summed E-state index contributed by atoms with van der Waals surface area (Å²) in [6, 6.07) is 14.2. The molecule has 0 bridgehead atoms. The molecule has 0 spiro atoms. The van der Waals surface area contributed by atoms with Gasteiger partial charge in [0.15, 0.2) is 0 Å². The van der Waals surface area contributed by atoms with Crippen LogP contribution in [0, 0.1) is 0 Å². The van der Waals surface area contributed by atoms with Crippen LogP contribution in [0.25, 0.3) is 0 Å². The zero-order chi connectivity index (χ0) is 12.3. The molecule has 0 saturated carbocycles. The Morgan fingerprint density at radius 2 is 1.76 bits per heavy atom. The van der Waals surface area contributed by atoms with Crippen LogP contribution in [0.2, 0.25) is 0 Å². The highest BCUT2D eigenvalue weighted by molar-refractivity contribution is 5.39. The Hall–Kier alpha value is -1.67. The van der Waals surface area contributed by atoms with E-state index in [1.165, 1.54) is 5.56 Å². The first kappa shape index (κ1) is 11.8. The molecule has 0 fully saturated rings. The number of aliphatic hydroxyl groups excluding tert-OH is 1. The van der Waals surface area contributed by atoms with E-state index in [2.05, 4.69) is 31.0 Å². The largest absolute Gasteiger partial charge is 0.390 e. The summed E-state index contributed by atoms with van der Waals surface area (Å²) in [6.07, 6.45) is 1.72. The molecule has 2 rings (SSSR count). The Morgan fingerprint density at radius 1 is 1.06 bits per heavy atom. The maximum atomic E-state index is 9.37. The minimum atomic E-state index is -0.145. The summed E-state index contributed by atoms with van der Waals surface area (Å²) in [7, 11) is 0. The van der Waals surface area contributed by atoms with Crippen molar-refractivity contribution < 1.29 is 5.11 Å². The molecule has 2 aromatic rings. The highest BCUT2D eigenvalue weighted by Gasteiger charge is 2.25. The number of aromatic nitrogens is 1. The van der Waals surface area contributed by atoms with Gasteiger partial charge >= 0.3 is 0 Å². The monoisotopic (exact) mass is 227 g/mol. The van der Waals surface area contributed by atoms with E-state index in [0.29, 0.717) is 0 Å². The van der Waals surface area contributed by atoms with Gasteiger partial charge in [-0.25, -0.2) is 0 Å². The van der Waals surface area contributed by atoms with Gasteiger partial charge in [0.1, 0.15) is 0 Å². The lowest BCUT2D eigenvalue weighted by Gasteiger charge is -2.27. The molecule has 2 nitrogen and oxygen atoms in total. The third-order valence-electron chi connectivity index (χ3n) is 3.21. The molecule has 0 saturated heterocycles. The molecule has 0 radical (unpaired) electrons. The van der Waals surface area contributed by atoms with Gasteiger partial charge in [-0.1, -0.05) is 50.2 Å². The highest BCUT2D eigenvalue weighted by atomic mass is 16.3. The first-order valence-corrected chi connectivity index (χ1v) is 5.77. The topological polar surface area (TPSA) is 33.1 Å². The zero-order valence-corrected chi connectivity index (χ0v) is 10.2. The summed E-state index contributed by atoms with van der Waals surface area (Å²) < 4.78 is 0. The van der Waals surface area contributed by atoms with Crippen molar-refractivity contribution in [3.05, 3.63) is 65.5 Å². The molecule has 0 amide bonds. The van der Waals surface area contributed by atoms with E-state index in [1.807, 2.05) is 30.3 Å². The molecular weight excluding hydrogens is 210 g/mol. The van der Waals surface area contributed by atoms with Crippen LogP contribution in [0.3, 0.4) is 0 Å². The van der Waals surface area contributed by atoms with Gasteiger partial charge in [-0.3, -0.25) is 4.98 Å². The maximum Gasteiger partial charge on any atom is 0.0856 e. The van der Waals surface area contributed by atoms with Gasteiger partial charge in [-0.2, -0.15) is 0 Å². The predicted molar refractivity (Wildman–Crippen MR) is 68.7 cm³/mol. The summed E-state index contributed by atoms with van der Waals surface area (Å²) in [4.78, 5) is 4.24. The Balaban J connectivity index is 2.51. The van der Waals surface area contributed by atoms with Crippen LogP contribution in [-0.2, 0) is 12.0 Å². The second-order valence-corrected chi connectivity index (χ2v) is 4.65. The second kappa shape index (κ2) is 4.68. The van der Waals surface area contributed by atoms with Gasteiger partial charge in [-0.05, 0) is 17.2 Å². The lowest BCUT2D eigenvalue weighted by molar-refractivity contribution is 0.273. The molecule has 88 valence electrons. The Morgan fingerprint density at radius 3 is 2.41 bits per heavy atom. The summed E-state index contributed by atoms with van der Waals surface area (Å²) in [5, 5.41) is 9.37. The van der Waals surface area contributed by atoms with E-state index in [9.17, 15) is 5.11 Å². The third kappa shape index (κ3) is 2.22. The first-order valence-electron chi connectivity index (χ1n) is 5.77. The number of benzene rings is 1. The Kier molecular flexibility index (Phi) is 3.25. The minimum Gasteiger partial charge on any atom is -0.390 e. The van der Waals surface area contributed by atoms with Crippen molar-refractivity contribution in [2.45, 2.75) is 25.9 Å². The van der Waals surface area contributed by atoms with E-state index >= 15 is 0 Å². The van der Waals surface area contributed by atoms with Gasteiger partial charge in [0, 0.05) is 11.6 Å². The molecule has 0 aliphatic rings. The number of nitrogens with zero attached hydrogens (tertiary/aromatic N) is 1. The van der Waals surface area contributed by atoms with Crippen molar-refractivity contribution in [3.63, 3.8) is 0 Å². The van der Waals surface area contributed by atoms with Crippen LogP contribution in [-0.4, -0.2) is 10.1 Å². The fourth-order valence-electron chi connectivity index (χ4n) is 2.14. The van der Waals surface area contributed by atoms with Crippen LogP contribution < -0.4 is 0 Å². The van der Waals surface area contributed by atoms with Crippen LogP contribution in [0.5, 0.6) is 0 Å². The van der Waals surface area contributed by atoms with Gasteiger partial charge in [0.25, 0.3) is 0 Å².